The molecule has 1 N–H and O–H groups in total. The molecular formula is C18H14F3NO. The van der Waals surface area contributed by atoms with Gasteiger partial charge in [-0.05, 0) is 35.1 Å². The van der Waals surface area contributed by atoms with Crippen molar-refractivity contribution in [3.05, 3.63) is 59.7 Å². The Hall–Kier alpha value is -2.32. The number of nitrogens with zero attached hydrogens (tertiary/aromatic N) is 1. The van der Waals surface area contributed by atoms with E-state index in [9.17, 15) is 23.5 Å². The van der Waals surface area contributed by atoms with Crippen LogP contribution in [0.2, 0.25) is 0 Å². The lowest BCUT2D eigenvalue weighted by atomic mass is 9.94. The number of alkyl halides is 3. The van der Waals surface area contributed by atoms with Gasteiger partial charge < -0.3 is 5.11 Å². The van der Waals surface area contributed by atoms with Gasteiger partial charge in [-0.15, -0.1) is 0 Å². The molecule has 1 atom stereocenters. The molecule has 0 heterocycles. The molecule has 0 radical (unpaired) electrons. The summed E-state index contributed by atoms with van der Waals surface area (Å²) >= 11 is 0. The standard InChI is InChI=1S/C18H14F3NO/c19-18(20,21)16(23)14-3-1-12(2-4-14)13-5-7-15(8-6-13)17(11-22)9-10-17/h1-8,16,23H,9-10H2/t16-/m1/s1. The van der Waals surface area contributed by atoms with Crippen molar-refractivity contribution < 1.29 is 18.3 Å². The molecule has 2 nitrogen and oxygen atoms in total. The van der Waals surface area contributed by atoms with Crippen molar-refractivity contribution in [2.24, 2.45) is 0 Å². The van der Waals surface area contributed by atoms with Crippen LogP contribution in [0.1, 0.15) is 30.1 Å². The molecule has 5 heteroatoms. The topological polar surface area (TPSA) is 44.0 Å². The van der Waals surface area contributed by atoms with E-state index in [1.54, 1.807) is 12.1 Å². The zero-order valence-electron chi connectivity index (χ0n) is 12.1. The average molecular weight is 317 g/mol. The predicted octanol–water partition coefficient (Wildman–Crippen LogP) is 4.50. The van der Waals surface area contributed by atoms with Crippen molar-refractivity contribution in [2.45, 2.75) is 30.5 Å². The third-order valence-electron chi connectivity index (χ3n) is 4.27. The molecule has 1 aliphatic carbocycles. The van der Waals surface area contributed by atoms with E-state index in [-0.39, 0.29) is 11.0 Å². The second-order valence-electron chi connectivity index (χ2n) is 5.84. The summed E-state index contributed by atoms with van der Waals surface area (Å²) in [4.78, 5) is 0. The molecule has 118 valence electrons. The first-order valence-corrected chi connectivity index (χ1v) is 7.23. The van der Waals surface area contributed by atoms with Crippen molar-refractivity contribution in [3.63, 3.8) is 0 Å². The zero-order chi connectivity index (χ0) is 16.7. The van der Waals surface area contributed by atoms with Crippen LogP contribution in [0.5, 0.6) is 0 Å². The highest BCUT2D eigenvalue weighted by atomic mass is 19.4. The van der Waals surface area contributed by atoms with Crippen LogP contribution >= 0.6 is 0 Å². The number of benzene rings is 2. The van der Waals surface area contributed by atoms with Gasteiger partial charge in [-0.25, -0.2) is 0 Å². The van der Waals surface area contributed by atoms with Gasteiger partial charge in [-0.1, -0.05) is 48.5 Å². The summed E-state index contributed by atoms with van der Waals surface area (Å²) in [5.41, 5.74) is 2.07. The van der Waals surface area contributed by atoms with Gasteiger partial charge in [0.25, 0.3) is 0 Å². The Bertz CT molecular complexity index is 738. The van der Waals surface area contributed by atoms with E-state index in [1.165, 1.54) is 12.1 Å². The lowest BCUT2D eigenvalue weighted by Gasteiger charge is -2.15. The predicted molar refractivity (Wildman–Crippen MR) is 79.4 cm³/mol. The molecule has 1 aliphatic rings. The number of rotatable bonds is 3. The monoisotopic (exact) mass is 317 g/mol. The van der Waals surface area contributed by atoms with Gasteiger partial charge in [-0.3, -0.25) is 0 Å². The fourth-order valence-corrected chi connectivity index (χ4v) is 2.62. The van der Waals surface area contributed by atoms with Gasteiger partial charge in [-0.2, -0.15) is 18.4 Å². The summed E-state index contributed by atoms with van der Waals surface area (Å²) in [6, 6.07) is 15.5. The Morgan fingerprint density at radius 1 is 0.957 bits per heavy atom. The van der Waals surface area contributed by atoms with Gasteiger partial charge in [0.1, 0.15) is 0 Å². The minimum atomic E-state index is -4.67. The molecule has 0 aliphatic heterocycles. The van der Waals surface area contributed by atoms with E-state index in [0.717, 1.165) is 29.5 Å². The van der Waals surface area contributed by atoms with Crippen LogP contribution in [-0.2, 0) is 5.41 Å². The van der Waals surface area contributed by atoms with Crippen molar-refractivity contribution in [3.8, 4) is 17.2 Å². The van der Waals surface area contributed by atoms with Crippen LogP contribution in [0.15, 0.2) is 48.5 Å². The smallest absolute Gasteiger partial charge is 0.379 e. The average Bonchev–Trinajstić information content (AvgIpc) is 3.35. The SMILES string of the molecule is N#CC1(c2ccc(-c3ccc([C@@H](O)C(F)(F)F)cc3)cc2)CC1. The maximum absolute atomic E-state index is 12.5. The third kappa shape index (κ3) is 2.95. The highest BCUT2D eigenvalue weighted by Gasteiger charge is 2.44. The van der Waals surface area contributed by atoms with Crippen LogP contribution < -0.4 is 0 Å². The zero-order valence-corrected chi connectivity index (χ0v) is 12.1. The molecule has 23 heavy (non-hydrogen) atoms. The summed E-state index contributed by atoms with van der Waals surface area (Å²) in [6.07, 6.45) is -5.40. The van der Waals surface area contributed by atoms with Gasteiger partial charge in [0.15, 0.2) is 6.10 Å². The van der Waals surface area contributed by atoms with Crippen molar-refractivity contribution >= 4 is 0 Å². The summed E-state index contributed by atoms with van der Waals surface area (Å²) in [5.74, 6) is 0. The van der Waals surface area contributed by atoms with Crippen LogP contribution in [0.25, 0.3) is 11.1 Å². The van der Waals surface area contributed by atoms with E-state index in [2.05, 4.69) is 6.07 Å². The summed E-state index contributed by atoms with van der Waals surface area (Å²) in [6.45, 7) is 0. The van der Waals surface area contributed by atoms with Gasteiger partial charge in [0, 0.05) is 0 Å². The first-order chi connectivity index (χ1) is 10.9. The van der Waals surface area contributed by atoms with Crippen LogP contribution in [-0.4, -0.2) is 11.3 Å². The highest BCUT2D eigenvalue weighted by molar-refractivity contribution is 5.64. The molecular weight excluding hydrogens is 303 g/mol. The highest BCUT2D eigenvalue weighted by Crippen LogP contribution is 2.47. The van der Waals surface area contributed by atoms with E-state index < -0.39 is 12.3 Å². The maximum atomic E-state index is 12.5. The number of hydrogen-bond acceptors (Lipinski definition) is 2. The van der Waals surface area contributed by atoms with E-state index in [0.29, 0.717) is 0 Å². The number of hydrogen-bond donors (Lipinski definition) is 1. The maximum Gasteiger partial charge on any atom is 0.418 e. The van der Waals surface area contributed by atoms with E-state index >= 15 is 0 Å². The number of aliphatic hydroxyl groups is 1. The Labute approximate surface area is 131 Å². The fourth-order valence-electron chi connectivity index (χ4n) is 2.62. The number of aliphatic hydroxyl groups excluding tert-OH is 1. The lowest BCUT2D eigenvalue weighted by molar-refractivity contribution is -0.206. The molecule has 1 saturated carbocycles. The van der Waals surface area contributed by atoms with Crippen molar-refractivity contribution in [1.29, 1.82) is 5.26 Å². The van der Waals surface area contributed by atoms with E-state index in [4.69, 9.17) is 0 Å². The Morgan fingerprint density at radius 2 is 1.43 bits per heavy atom. The second kappa shape index (κ2) is 5.39. The first-order valence-electron chi connectivity index (χ1n) is 7.23. The molecule has 3 rings (SSSR count). The molecule has 2 aromatic rings. The fraction of sp³-hybridized carbons (Fsp3) is 0.278. The molecule has 0 amide bonds. The minimum Gasteiger partial charge on any atom is -0.379 e. The van der Waals surface area contributed by atoms with Crippen LogP contribution in [0.4, 0.5) is 13.2 Å². The van der Waals surface area contributed by atoms with Crippen LogP contribution in [0, 0.1) is 11.3 Å². The van der Waals surface area contributed by atoms with E-state index in [1.807, 2.05) is 24.3 Å². The van der Waals surface area contributed by atoms with Gasteiger partial charge >= 0.3 is 6.18 Å². The van der Waals surface area contributed by atoms with Gasteiger partial charge in [0.2, 0.25) is 0 Å². The van der Waals surface area contributed by atoms with Crippen molar-refractivity contribution in [2.75, 3.05) is 0 Å². The molecule has 0 spiro atoms. The lowest BCUT2D eigenvalue weighted by Crippen LogP contribution is -2.19. The molecule has 0 saturated heterocycles. The molecule has 1 fully saturated rings. The number of nitriles is 1. The summed E-state index contributed by atoms with van der Waals surface area (Å²) < 4.78 is 37.4. The molecule has 0 aromatic heterocycles. The normalized spacial score (nSPS) is 17.3. The quantitative estimate of drug-likeness (QED) is 0.905. The molecule has 2 aromatic carbocycles. The largest absolute Gasteiger partial charge is 0.418 e. The molecule has 0 unspecified atom stereocenters. The Morgan fingerprint density at radius 3 is 1.83 bits per heavy atom. The van der Waals surface area contributed by atoms with Gasteiger partial charge in [0.05, 0.1) is 11.5 Å². The third-order valence-corrected chi connectivity index (χ3v) is 4.27. The minimum absolute atomic E-state index is 0.181. The Kier molecular flexibility index (Phi) is 3.65. The van der Waals surface area contributed by atoms with Crippen LogP contribution in [0.3, 0.4) is 0 Å². The number of halogens is 3. The summed E-state index contributed by atoms with van der Waals surface area (Å²) in [5, 5.41) is 18.4. The first kappa shape index (κ1) is 15.6. The summed E-state index contributed by atoms with van der Waals surface area (Å²) in [7, 11) is 0. The second-order valence-corrected chi connectivity index (χ2v) is 5.84. The molecule has 0 bridgehead atoms. The van der Waals surface area contributed by atoms with Crippen molar-refractivity contribution in [1.82, 2.24) is 0 Å². The Balaban J connectivity index is 1.82.